The van der Waals surface area contributed by atoms with E-state index in [9.17, 15) is 0 Å². The summed E-state index contributed by atoms with van der Waals surface area (Å²) < 4.78 is 80.0. The van der Waals surface area contributed by atoms with Crippen LogP contribution in [0.25, 0.3) is 0 Å². The summed E-state index contributed by atoms with van der Waals surface area (Å²) in [6, 6.07) is 0. The first-order valence-corrected chi connectivity index (χ1v) is 9.00. The van der Waals surface area contributed by atoms with Gasteiger partial charge in [0.15, 0.2) is 0 Å². The average molecular weight is 747 g/mol. The number of hydrogen-bond donors (Lipinski definition) is 1. The van der Waals surface area contributed by atoms with Crippen LogP contribution >= 0.6 is 0 Å². The summed E-state index contributed by atoms with van der Waals surface area (Å²) in [7, 11) is -13.0. The molecule has 0 aromatic heterocycles. The van der Waals surface area contributed by atoms with Crippen molar-refractivity contribution in [3.8, 4) is 0 Å². The third-order valence-electron chi connectivity index (χ3n) is 0. The van der Waals surface area contributed by atoms with E-state index in [0.717, 1.165) is 0 Å². The summed E-state index contributed by atoms with van der Waals surface area (Å²) in [5.41, 5.74) is 0. The Kier molecular flexibility index (Phi) is 32.2. The van der Waals surface area contributed by atoms with Gasteiger partial charge in [0.25, 0.3) is 0 Å². The van der Waals surface area contributed by atoms with E-state index in [1.165, 1.54) is 0 Å². The predicted molar refractivity (Wildman–Crippen MR) is 56.2 cm³/mol. The van der Waals surface area contributed by atoms with Crippen molar-refractivity contribution in [1.82, 2.24) is 6.15 Å². The van der Waals surface area contributed by atoms with Crippen LogP contribution in [0.5, 0.6) is 0 Å². The first-order valence-electron chi connectivity index (χ1n) is 2.00. The van der Waals surface area contributed by atoms with Crippen molar-refractivity contribution in [2.24, 2.45) is 0 Å². The zero-order valence-electron chi connectivity index (χ0n) is 7.43. The topological polar surface area (TPSA) is 225 Å². The van der Waals surface area contributed by atoms with Crippen molar-refractivity contribution in [1.29, 1.82) is 0 Å². The molecule has 0 saturated heterocycles. The fourth-order valence-corrected chi connectivity index (χ4v) is 0. The minimum absolute atomic E-state index is 0. The smallest absolute Gasteiger partial charge is 0.780 e. The largest absolute Gasteiger partial charge is 3.00 e. The van der Waals surface area contributed by atoms with Gasteiger partial charge in [0.05, 0.1) is 0 Å². The van der Waals surface area contributed by atoms with E-state index >= 15 is 0 Å². The third-order valence-corrected chi connectivity index (χ3v) is 0. The van der Waals surface area contributed by atoms with E-state index < -0.39 is 27.2 Å². The summed E-state index contributed by atoms with van der Waals surface area (Å²) >= 11 is 9.73. The van der Waals surface area contributed by atoms with Gasteiger partial charge >= 0.3 is 44.8 Å². The zero-order valence-corrected chi connectivity index (χ0v) is 16.7. The van der Waals surface area contributed by atoms with Crippen molar-refractivity contribution in [2.75, 3.05) is 0 Å². The number of hydrogen-bond acceptors (Lipinski definition) is 13. The van der Waals surface area contributed by atoms with Crippen LogP contribution in [-0.4, -0.2) is 39.9 Å². The van der Waals surface area contributed by atoms with E-state index in [4.69, 9.17) is 39.9 Å². The summed E-state index contributed by atoms with van der Waals surface area (Å²) in [6.07, 6.45) is 0. The van der Waals surface area contributed by atoms with Crippen LogP contribution in [-0.2, 0) is 105 Å². The van der Waals surface area contributed by atoms with Crippen LogP contribution < -0.4 is 6.15 Å². The average Bonchev–Trinajstić information content (AvgIpc) is 1.41. The molecule has 0 rings (SSSR count). The zero-order chi connectivity index (χ0) is 13.5. The monoisotopic (exact) mass is 747 g/mol. The first kappa shape index (κ1) is 37.0. The van der Waals surface area contributed by atoms with Crippen LogP contribution in [0.1, 0.15) is 0 Å². The normalized spacial score (nSPS) is 9.67. The Bertz CT molecular complexity index is 350. The molecule has 0 saturated carbocycles. The Hall–Kier alpha value is 2.31. The van der Waals surface area contributed by atoms with Crippen molar-refractivity contribution in [3.63, 3.8) is 0 Å². The van der Waals surface area contributed by atoms with E-state index in [0.29, 0.717) is 0 Å². The van der Waals surface area contributed by atoms with E-state index in [1.807, 2.05) is 0 Å². The van der Waals surface area contributed by atoms with Crippen molar-refractivity contribution in [2.45, 2.75) is 0 Å². The van der Waals surface area contributed by atoms with Gasteiger partial charge < -0.3 is 33.5 Å². The second-order valence-electron chi connectivity index (χ2n) is 1.22. The van der Waals surface area contributed by atoms with Crippen LogP contribution in [0.15, 0.2) is 0 Å². The van der Waals surface area contributed by atoms with Gasteiger partial charge in [0.1, 0.15) is 0 Å². The maximum Gasteiger partial charge on any atom is 3.00 e. The molecule has 0 bridgehead atoms. The molecule has 0 atom stereocenters. The molecule has 0 aliphatic carbocycles. The molecule has 0 unspecified atom stereocenters. The third kappa shape index (κ3) is 1030. The SMILES string of the molecule is N.O=S([O-])([O-])=S.O=S([O-])([O-])=S.O=S([O-])([O-])=S.[Au+3].[Au+3]. The fraction of sp³-hybridized carbons (Fsp3) is 0. The van der Waals surface area contributed by atoms with Crippen LogP contribution in [0.3, 0.4) is 0 Å². The number of rotatable bonds is 0. The molecule has 18 heteroatoms. The van der Waals surface area contributed by atoms with Gasteiger partial charge in [-0.2, -0.15) is 0 Å². The second kappa shape index (κ2) is 15.7. The maximum absolute atomic E-state index is 8.89. The molecule has 18 heavy (non-hydrogen) atoms. The first-order chi connectivity index (χ1) is 6.00. The van der Waals surface area contributed by atoms with E-state index in [2.05, 4.69) is 33.6 Å². The summed E-state index contributed by atoms with van der Waals surface area (Å²) in [6.45, 7) is 0. The standard InChI is InChI=1S/2Au.H3N.3H2O3S2/c;;;3*1-5(2,3)4/h;;1H3;3*(H2,1,2,3,4)/q2*+3;;;;/p-6. The van der Waals surface area contributed by atoms with Gasteiger partial charge in [-0.05, 0) is 33.6 Å². The van der Waals surface area contributed by atoms with E-state index in [-0.39, 0.29) is 50.9 Å². The van der Waals surface area contributed by atoms with Gasteiger partial charge in [-0.3, -0.25) is 12.6 Å². The van der Waals surface area contributed by atoms with Gasteiger partial charge in [-0.1, -0.05) is 0 Å². The molecule has 0 radical (unpaired) electrons. The minimum atomic E-state index is -4.33. The molecule has 0 aromatic carbocycles. The maximum atomic E-state index is 8.89. The molecule has 0 aromatic rings. The summed E-state index contributed by atoms with van der Waals surface area (Å²) in [5, 5.41) is 0. The Morgan fingerprint density at radius 3 is 0.556 bits per heavy atom. The molecule has 0 amide bonds. The Morgan fingerprint density at radius 2 is 0.556 bits per heavy atom. The molecule has 0 heterocycles. The Labute approximate surface area is 150 Å². The quantitative estimate of drug-likeness (QED) is 0.247. The van der Waals surface area contributed by atoms with Crippen LogP contribution in [0.2, 0.25) is 0 Å². The Balaban J connectivity index is -0.0000000277. The molecule has 0 aliphatic rings. The van der Waals surface area contributed by atoms with Crippen LogP contribution in [0.4, 0.5) is 0 Å². The van der Waals surface area contributed by atoms with Crippen molar-refractivity contribution in [3.05, 3.63) is 0 Å². The molecular weight excluding hydrogens is 744 g/mol. The molecule has 0 spiro atoms. The minimum Gasteiger partial charge on any atom is -0.780 e. The Morgan fingerprint density at radius 1 is 0.556 bits per heavy atom. The fourth-order valence-electron chi connectivity index (χ4n) is 0. The summed E-state index contributed by atoms with van der Waals surface area (Å²) in [5.74, 6) is 0. The van der Waals surface area contributed by atoms with Gasteiger partial charge in [-0.15, -0.1) is 27.2 Å². The molecular formula is H3Au2NO9S6. The van der Waals surface area contributed by atoms with Crippen molar-refractivity contribution >= 4 is 60.7 Å². The molecule has 0 aliphatic heterocycles. The van der Waals surface area contributed by atoms with Gasteiger partial charge in [0, 0.05) is 0 Å². The molecule has 3 N–H and O–H groups in total. The van der Waals surface area contributed by atoms with Crippen molar-refractivity contribution < 1.29 is 84.7 Å². The van der Waals surface area contributed by atoms with Gasteiger partial charge in [-0.25, -0.2) is 0 Å². The van der Waals surface area contributed by atoms with Crippen LogP contribution in [0, 0.1) is 0 Å². The molecule has 120 valence electrons. The predicted octanol–water partition coefficient (Wildman–Crippen LogP) is -2.86. The second-order valence-corrected chi connectivity index (χ2v) is 7.35. The summed E-state index contributed by atoms with van der Waals surface area (Å²) in [4.78, 5) is 0. The molecule has 0 fully saturated rings. The molecule has 10 nitrogen and oxygen atoms in total. The van der Waals surface area contributed by atoms with E-state index in [1.54, 1.807) is 0 Å². The van der Waals surface area contributed by atoms with Gasteiger partial charge in [0.2, 0.25) is 0 Å².